The Morgan fingerprint density at radius 1 is 1.47 bits per heavy atom. The summed E-state index contributed by atoms with van der Waals surface area (Å²) in [5.41, 5.74) is 1.50. The number of aromatic hydroxyl groups is 1. The van der Waals surface area contributed by atoms with Crippen LogP contribution in [0.25, 0.3) is 0 Å². The smallest absolute Gasteiger partial charge is 0.123 e. The van der Waals surface area contributed by atoms with Gasteiger partial charge < -0.3 is 10.4 Å². The molecule has 0 aliphatic carbocycles. The van der Waals surface area contributed by atoms with Crippen molar-refractivity contribution in [2.45, 2.75) is 19.9 Å². The second-order valence-corrected chi connectivity index (χ2v) is 3.89. The molecule has 1 aromatic carbocycles. The molecule has 0 heterocycles. The van der Waals surface area contributed by atoms with Gasteiger partial charge in [0, 0.05) is 17.1 Å². The molecule has 2 N–H and O–H groups in total. The Kier molecular flexibility index (Phi) is 4.85. The maximum Gasteiger partial charge on any atom is 0.123 e. The van der Waals surface area contributed by atoms with Gasteiger partial charge in [-0.1, -0.05) is 11.6 Å². The average Bonchev–Trinajstić information content (AvgIpc) is 2.19. The number of hydrogen-bond donors (Lipinski definition) is 2. The largest absolute Gasteiger partial charge is 0.507 e. The van der Waals surface area contributed by atoms with Crippen LogP contribution in [-0.2, 0) is 6.54 Å². The van der Waals surface area contributed by atoms with Gasteiger partial charge in [0.2, 0.25) is 0 Å². The van der Waals surface area contributed by atoms with E-state index >= 15 is 0 Å². The van der Waals surface area contributed by atoms with Crippen LogP contribution in [0.4, 0.5) is 4.39 Å². The number of rotatable bonds is 5. The van der Waals surface area contributed by atoms with Crippen molar-refractivity contribution < 1.29 is 9.50 Å². The van der Waals surface area contributed by atoms with Crippen molar-refractivity contribution in [2.24, 2.45) is 0 Å². The van der Waals surface area contributed by atoms with E-state index in [-0.39, 0.29) is 12.4 Å². The molecule has 0 atom stereocenters. The predicted octanol–water partition coefficient (Wildman–Crippen LogP) is 2.80. The maximum absolute atomic E-state index is 11.8. The second-order valence-electron chi connectivity index (χ2n) is 3.45. The molecule has 0 unspecified atom stereocenters. The third kappa shape index (κ3) is 3.68. The molecule has 0 fully saturated rings. The van der Waals surface area contributed by atoms with E-state index in [0.29, 0.717) is 24.5 Å². The zero-order valence-electron chi connectivity index (χ0n) is 8.69. The number of phenolic OH excluding ortho intramolecular Hbond substituents is 1. The zero-order chi connectivity index (χ0) is 11.3. The first-order chi connectivity index (χ1) is 7.15. The first-order valence-corrected chi connectivity index (χ1v) is 5.27. The Labute approximate surface area is 94.1 Å². The number of benzene rings is 1. The summed E-state index contributed by atoms with van der Waals surface area (Å²) in [4.78, 5) is 0. The van der Waals surface area contributed by atoms with Crippen molar-refractivity contribution in [3.63, 3.8) is 0 Å². The molecule has 84 valence electrons. The van der Waals surface area contributed by atoms with Gasteiger partial charge in [-0.3, -0.25) is 4.39 Å². The molecule has 1 aromatic rings. The number of phenols is 1. The lowest BCUT2D eigenvalue weighted by atomic mass is 10.1. The van der Waals surface area contributed by atoms with Crippen LogP contribution in [0.5, 0.6) is 5.75 Å². The highest BCUT2D eigenvalue weighted by molar-refractivity contribution is 6.30. The summed E-state index contributed by atoms with van der Waals surface area (Å²) in [6.07, 6.45) is 0.486. The Hall–Kier alpha value is -0.800. The second kappa shape index (κ2) is 5.93. The molecule has 0 amide bonds. The Balaban J connectivity index is 2.60. The van der Waals surface area contributed by atoms with Crippen LogP contribution in [0, 0.1) is 6.92 Å². The lowest BCUT2D eigenvalue weighted by Gasteiger charge is -2.09. The molecule has 0 bridgehead atoms. The van der Waals surface area contributed by atoms with Gasteiger partial charge in [-0.25, -0.2) is 0 Å². The highest BCUT2D eigenvalue weighted by atomic mass is 35.5. The number of alkyl halides is 1. The van der Waals surface area contributed by atoms with Crippen molar-refractivity contribution in [1.29, 1.82) is 0 Å². The first kappa shape index (κ1) is 12.3. The normalized spacial score (nSPS) is 10.6. The van der Waals surface area contributed by atoms with Gasteiger partial charge in [-0.2, -0.15) is 0 Å². The summed E-state index contributed by atoms with van der Waals surface area (Å²) in [6.45, 7) is 2.58. The van der Waals surface area contributed by atoms with E-state index < -0.39 is 0 Å². The minimum Gasteiger partial charge on any atom is -0.507 e. The molecule has 0 spiro atoms. The molecular formula is C11H15ClFNO. The van der Waals surface area contributed by atoms with Crippen LogP contribution in [0.2, 0.25) is 5.02 Å². The molecule has 0 aromatic heterocycles. The monoisotopic (exact) mass is 231 g/mol. The lowest BCUT2D eigenvalue weighted by Crippen LogP contribution is -2.15. The molecule has 1 rings (SSSR count). The molecule has 0 saturated carbocycles. The van der Waals surface area contributed by atoms with Crippen LogP contribution < -0.4 is 5.32 Å². The highest BCUT2D eigenvalue weighted by Gasteiger charge is 2.05. The minimum atomic E-state index is -0.326. The lowest BCUT2D eigenvalue weighted by molar-refractivity contribution is 0.448. The van der Waals surface area contributed by atoms with E-state index in [1.165, 1.54) is 0 Å². The van der Waals surface area contributed by atoms with Crippen molar-refractivity contribution in [3.8, 4) is 5.75 Å². The van der Waals surface area contributed by atoms with Gasteiger partial charge in [0.1, 0.15) is 5.75 Å². The average molecular weight is 232 g/mol. The fraction of sp³-hybridized carbons (Fsp3) is 0.455. The quantitative estimate of drug-likeness (QED) is 0.764. The van der Waals surface area contributed by atoms with Crippen LogP contribution in [0.3, 0.4) is 0 Å². The van der Waals surface area contributed by atoms with Gasteiger partial charge in [0.05, 0.1) is 6.67 Å². The third-order valence-corrected chi connectivity index (χ3v) is 2.37. The molecule has 0 aliphatic heterocycles. The molecule has 0 aliphatic rings. The highest BCUT2D eigenvalue weighted by Crippen LogP contribution is 2.26. The van der Waals surface area contributed by atoms with E-state index in [1.54, 1.807) is 19.1 Å². The van der Waals surface area contributed by atoms with E-state index in [2.05, 4.69) is 5.32 Å². The predicted molar refractivity (Wildman–Crippen MR) is 60.2 cm³/mol. The summed E-state index contributed by atoms with van der Waals surface area (Å²) < 4.78 is 11.8. The number of nitrogens with one attached hydrogen (secondary N) is 1. The summed E-state index contributed by atoms with van der Waals surface area (Å²) in [6, 6.07) is 3.42. The van der Waals surface area contributed by atoms with E-state index in [1.807, 2.05) is 0 Å². The summed E-state index contributed by atoms with van der Waals surface area (Å²) >= 11 is 5.86. The molecule has 4 heteroatoms. The van der Waals surface area contributed by atoms with Crippen molar-refractivity contribution in [2.75, 3.05) is 13.2 Å². The Morgan fingerprint density at radius 2 is 2.20 bits per heavy atom. The van der Waals surface area contributed by atoms with E-state index in [0.717, 1.165) is 11.1 Å². The van der Waals surface area contributed by atoms with Crippen LogP contribution in [0.1, 0.15) is 17.5 Å². The maximum atomic E-state index is 11.8. The third-order valence-electron chi connectivity index (χ3n) is 2.15. The Bertz CT molecular complexity index is 331. The Morgan fingerprint density at radius 3 is 2.87 bits per heavy atom. The topological polar surface area (TPSA) is 32.3 Å². The van der Waals surface area contributed by atoms with Crippen LogP contribution in [-0.4, -0.2) is 18.3 Å². The summed E-state index contributed by atoms with van der Waals surface area (Å²) in [5, 5.41) is 13.3. The zero-order valence-corrected chi connectivity index (χ0v) is 9.44. The number of hydrogen-bond acceptors (Lipinski definition) is 2. The standard InChI is InChI=1S/C11H15ClFNO/c1-8-5-10(12)6-9(11(8)15)7-14-4-2-3-13/h5-6,14-15H,2-4,7H2,1H3. The number of aryl methyl sites for hydroxylation is 1. The fourth-order valence-corrected chi connectivity index (χ4v) is 1.65. The summed E-state index contributed by atoms with van der Waals surface area (Å²) in [5.74, 6) is 0.257. The van der Waals surface area contributed by atoms with Gasteiger partial charge in [-0.15, -0.1) is 0 Å². The van der Waals surface area contributed by atoms with Crippen molar-refractivity contribution >= 4 is 11.6 Å². The fourth-order valence-electron chi connectivity index (χ4n) is 1.35. The van der Waals surface area contributed by atoms with Gasteiger partial charge in [0.15, 0.2) is 0 Å². The molecule has 2 nitrogen and oxygen atoms in total. The molecule has 0 saturated heterocycles. The van der Waals surface area contributed by atoms with Gasteiger partial charge >= 0.3 is 0 Å². The summed E-state index contributed by atoms with van der Waals surface area (Å²) in [7, 11) is 0. The van der Waals surface area contributed by atoms with Crippen molar-refractivity contribution in [3.05, 3.63) is 28.3 Å². The van der Waals surface area contributed by atoms with Crippen LogP contribution in [0.15, 0.2) is 12.1 Å². The van der Waals surface area contributed by atoms with E-state index in [4.69, 9.17) is 11.6 Å². The SMILES string of the molecule is Cc1cc(Cl)cc(CNCCCF)c1O. The minimum absolute atomic E-state index is 0.257. The number of halogens is 2. The first-order valence-electron chi connectivity index (χ1n) is 4.90. The van der Waals surface area contributed by atoms with E-state index in [9.17, 15) is 9.50 Å². The van der Waals surface area contributed by atoms with Gasteiger partial charge in [0.25, 0.3) is 0 Å². The molecule has 15 heavy (non-hydrogen) atoms. The van der Waals surface area contributed by atoms with Crippen molar-refractivity contribution in [1.82, 2.24) is 5.32 Å². The molecular weight excluding hydrogens is 217 g/mol. The molecule has 0 radical (unpaired) electrons. The van der Waals surface area contributed by atoms with Crippen LogP contribution >= 0.6 is 11.6 Å². The van der Waals surface area contributed by atoms with Gasteiger partial charge in [-0.05, 0) is 37.6 Å².